The summed E-state index contributed by atoms with van der Waals surface area (Å²) in [6.45, 7) is 2.96. The molecule has 17 heavy (non-hydrogen) atoms. The second-order valence-electron chi connectivity index (χ2n) is 5.35. The van der Waals surface area contributed by atoms with Crippen LogP contribution in [0.15, 0.2) is 24.3 Å². The van der Waals surface area contributed by atoms with E-state index >= 15 is 0 Å². The maximum Gasteiger partial charge on any atom is 0.0505 e. The van der Waals surface area contributed by atoms with Crippen molar-refractivity contribution in [3.63, 3.8) is 0 Å². The van der Waals surface area contributed by atoms with Crippen LogP contribution in [-0.4, -0.2) is 18.3 Å². The minimum absolute atomic E-state index is 0.0757. The first-order valence-corrected chi connectivity index (χ1v) is 6.63. The molecule has 0 aromatic heterocycles. The average Bonchev–Trinajstić information content (AvgIpc) is 3.21. The fraction of sp³-hybridized carbons (Fsp3) is 0.600. The number of aliphatic hydroxyl groups excluding tert-OH is 1. The standard InChI is InChI=1S/C15H23NO/c1-2-12-3-5-13(6-4-12)9-15(10-16,11-17)14-7-8-14/h3-6,14,17H,2,7-11,16H2,1H3. The molecule has 2 nitrogen and oxygen atoms in total. The summed E-state index contributed by atoms with van der Waals surface area (Å²) in [7, 11) is 0. The monoisotopic (exact) mass is 233 g/mol. The predicted molar refractivity (Wildman–Crippen MR) is 70.8 cm³/mol. The van der Waals surface area contributed by atoms with E-state index in [0.717, 1.165) is 12.8 Å². The quantitative estimate of drug-likeness (QED) is 0.790. The SMILES string of the molecule is CCc1ccc(CC(CN)(CO)C2CC2)cc1. The predicted octanol–water partition coefficient (Wildman–Crippen LogP) is 2.14. The van der Waals surface area contributed by atoms with E-state index in [0.29, 0.717) is 12.5 Å². The zero-order valence-corrected chi connectivity index (χ0v) is 10.7. The van der Waals surface area contributed by atoms with Crippen LogP contribution in [0.3, 0.4) is 0 Å². The molecule has 1 fully saturated rings. The summed E-state index contributed by atoms with van der Waals surface area (Å²) in [4.78, 5) is 0. The van der Waals surface area contributed by atoms with E-state index in [1.165, 1.54) is 24.0 Å². The second kappa shape index (κ2) is 5.19. The second-order valence-corrected chi connectivity index (χ2v) is 5.35. The van der Waals surface area contributed by atoms with Gasteiger partial charge in [0, 0.05) is 12.0 Å². The lowest BCUT2D eigenvalue weighted by Crippen LogP contribution is -2.38. The summed E-state index contributed by atoms with van der Waals surface area (Å²) >= 11 is 0. The number of hydrogen-bond acceptors (Lipinski definition) is 2. The summed E-state index contributed by atoms with van der Waals surface area (Å²) in [6, 6.07) is 8.73. The third-order valence-corrected chi connectivity index (χ3v) is 4.15. The van der Waals surface area contributed by atoms with Crippen molar-refractivity contribution in [2.75, 3.05) is 13.2 Å². The molecule has 1 aromatic carbocycles. The highest BCUT2D eigenvalue weighted by molar-refractivity contribution is 5.24. The Balaban J connectivity index is 2.11. The van der Waals surface area contributed by atoms with Gasteiger partial charge in [0.2, 0.25) is 0 Å². The summed E-state index contributed by atoms with van der Waals surface area (Å²) in [5.41, 5.74) is 8.49. The zero-order valence-electron chi connectivity index (χ0n) is 10.7. The molecule has 94 valence electrons. The van der Waals surface area contributed by atoms with E-state index in [9.17, 15) is 5.11 Å². The molecule has 2 rings (SSSR count). The van der Waals surface area contributed by atoms with Crippen molar-refractivity contribution in [3.8, 4) is 0 Å². The van der Waals surface area contributed by atoms with Gasteiger partial charge in [-0.1, -0.05) is 31.2 Å². The van der Waals surface area contributed by atoms with Gasteiger partial charge in [0.05, 0.1) is 6.61 Å². The molecule has 1 unspecified atom stereocenters. The summed E-state index contributed by atoms with van der Waals surface area (Å²) in [5.74, 6) is 0.628. The maximum absolute atomic E-state index is 9.67. The van der Waals surface area contributed by atoms with E-state index < -0.39 is 0 Å². The molecular formula is C15H23NO. The normalized spacial score (nSPS) is 19.0. The van der Waals surface area contributed by atoms with E-state index in [1.807, 2.05) is 0 Å². The fourth-order valence-electron chi connectivity index (χ4n) is 2.63. The maximum atomic E-state index is 9.67. The van der Waals surface area contributed by atoms with E-state index in [1.54, 1.807) is 0 Å². The van der Waals surface area contributed by atoms with Crippen molar-refractivity contribution >= 4 is 0 Å². The van der Waals surface area contributed by atoms with Crippen LogP contribution in [0.5, 0.6) is 0 Å². The van der Waals surface area contributed by atoms with E-state index in [4.69, 9.17) is 5.73 Å². The van der Waals surface area contributed by atoms with Crippen LogP contribution in [0.2, 0.25) is 0 Å². The van der Waals surface area contributed by atoms with Gasteiger partial charge in [-0.25, -0.2) is 0 Å². The van der Waals surface area contributed by atoms with Crippen LogP contribution in [0.25, 0.3) is 0 Å². The summed E-state index contributed by atoms with van der Waals surface area (Å²) < 4.78 is 0. The van der Waals surface area contributed by atoms with Crippen molar-refractivity contribution in [1.29, 1.82) is 0 Å². The Morgan fingerprint density at radius 1 is 1.24 bits per heavy atom. The Bertz CT molecular complexity index is 350. The van der Waals surface area contributed by atoms with E-state index in [-0.39, 0.29) is 12.0 Å². The first-order valence-electron chi connectivity index (χ1n) is 6.63. The molecule has 0 amide bonds. The van der Waals surface area contributed by atoms with Crippen LogP contribution in [0.1, 0.15) is 30.9 Å². The molecule has 0 spiro atoms. The minimum Gasteiger partial charge on any atom is -0.396 e. The van der Waals surface area contributed by atoms with Crippen LogP contribution in [-0.2, 0) is 12.8 Å². The van der Waals surface area contributed by atoms with Gasteiger partial charge in [-0.15, -0.1) is 0 Å². The van der Waals surface area contributed by atoms with Gasteiger partial charge in [0.1, 0.15) is 0 Å². The molecule has 0 radical (unpaired) electrons. The van der Waals surface area contributed by atoms with Gasteiger partial charge in [0.25, 0.3) is 0 Å². The van der Waals surface area contributed by atoms with Crippen molar-refractivity contribution in [2.24, 2.45) is 17.1 Å². The van der Waals surface area contributed by atoms with Gasteiger partial charge in [-0.2, -0.15) is 0 Å². The lowest BCUT2D eigenvalue weighted by molar-refractivity contribution is 0.109. The largest absolute Gasteiger partial charge is 0.396 e. The first-order chi connectivity index (χ1) is 8.24. The summed E-state index contributed by atoms with van der Waals surface area (Å²) in [6.07, 6.45) is 4.44. The smallest absolute Gasteiger partial charge is 0.0505 e. The molecule has 2 heteroatoms. The molecule has 0 heterocycles. The van der Waals surface area contributed by atoms with Gasteiger partial charge in [-0.05, 0) is 42.7 Å². The van der Waals surface area contributed by atoms with Gasteiger partial charge in [-0.3, -0.25) is 0 Å². The molecule has 1 aromatic rings. The topological polar surface area (TPSA) is 46.2 Å². The van der Waals surface area contributed by atoms with Crippen molar-refractivity contribution in [2.45, 2.75) is 32.6 Å². The van der Waals surface area contributed by atoms with Crippen LogP contribution >= 0.6 is 0 Å². The fourth-order valence-corrected chi connectivity index (χ4v) is 2.63. The highest BCUT2D eigenvalue weighted by Gasteiger charge is 2.43. The van der Waals surface area contributed by atoms with Crippen LogP contribution in [0.4, 0.5) is 0 Å². The average molecular weight is 233 g/mol. The van der Waals surface area contributed by atoms with Gasteiger partial charge < -0.3 is 10.8 Å². The molecule has 1 saturated carbocycles. The minimum atomic E-state index is -0.0757. The summed E-state index contributed by atoms with van der Waals surface area (Å²) in [5, 5.41) is 9.67. The molecular weight excluding hydrogens is 210 g/mol. The first kappa shape index (κ1) is 12.6. The van der Waals surface area contributed by atoms with Gasteiger partial charge >= 0.3 is 0 Å². The lowest BCUT2D eigenvalue weighted by atomic mass is 9.77. The van der Waals surface area contributed by atoms with Crippen LogP contribution in [0, 0.1) is 11.3 Å². The van der Waals surface area contributed by atoms with Gasteiger partial charge in [0.15, 0.2) is 0 Å². The number of hydrogen-bond donors (Lipinski definition) is 2. The number of nitrogens with two attached hydrogens (primary N) is 1. The third kappa shape index (κ3) is 2.70. The number of aryl methyl sites for hydroxylation is 1. The molecule has 0 aliphatic heterocycles. The molecule has 1 aliphatic rings. The highest BCUT2D eigenvalue weighted by Crippen LogP contribution is 2.46. The molecule has 3 N–H and O–H groups in total. The number of aliphatic hydroxyl groups is 1. The van der Waals surface area contributed by atoms with Crippen molar-refractivity contribution < 1.29 is 5.11 Å². The van der Waals surface area contributed by atoms with Crippen molar-refractivity contribution in [3.05, 3.63) is 35.4 Å². The molecule has 0 bridgehead atoms. The Morgan fingerprint density at radius 3 is 2.24 bits per heavy atom. The highest BCUT2D eigenvalue weighted by atomic mass is 16.3. The molecule has 0 saturated heterocycles. The number of benzene rings is 1. The Kier molecular flexibility index (Phi) is 3.85. The Hall–Kier alpha value is -0.860. The molecule has 1 aliphatic carbocycles. The Morgan fingerprint density at radius 2 is 1.82 bits per heavy atom. The van der Waals surface area contributed by atoms with E-state index in [2.05, 4.69) is 31.2 Å². The zero-order chi connectivity index (χ0) is 12.3. The lowest BCUT2D eigenvalue weighted by Gasteiger charge is -2.30. The number of rotatable bonds is 6. The third-order valence-electron chi connectivity index (χ3n) is 4.15. The molecule has 1 atom stereocenters. The van der Waals surface area contributed by atoms with Crippen molar-refractivity contribution in [1.82, 2.24) is 0 Å². The van der Waals surface area contributed by atoms with Crippen LogP contribution < -0.4 is 5.73 Å². The Labute approximate surface area is 104 Å².